The Morgan fingerprint density at radius 2 is 1.86 bits per heavy atom. The summed E-state index contributed by atoms with van der Waals surface area (Å²) in [7, 11) is 0. The molecule has 1 aliphatic heterocycles. The molecule has 2 aliphatic carbocycles. The summed E-state index contributed by atoms with van der Waals surface area (Å²) in [5.41, 5.74) is 0.562. The molecule has 0 unspecified atom stereocenters. The predicted octanol–water partition coefficient (Wildman–Crippen LogP) is 2.66. The molecule has 2 amide bonds. The Hall–Kier alpha value is -1.95. The lowest BCUT2D eigenvalue weighted by Gasteiger charge is -2.35. The van der Waals surface area contributed by atoms with E-state index < -0.39 is 11.5 Å². The fraction of sp³-hybridized carbons (Fsp3) is 0.652. The second kappa shape index (κ2) is 8.42. The summed E-state index contributed by atoms with van der Waals surface area (Å²) in [4.78, 5) is 27.1. The lowest BCUT2D eigenvalue weighted by molar-refractivity contribution is -0.137. The second-order valence-electron chi connectivity index (χ2n) is 9.19. The van der Waals surface area contributed by atoms with E-state index in [1.54, 1.807) is 12.1 Å². The molecule has 0 aromatic heterocycles. The van der Waals surface area contributed by atoms with Crippen LogP contribution in [0.1, 0.15) is 50.5 Å². The molecule has 2 saturated carbocycles. The Bertz CT molecular complexity index is 749. The molecule has 29 heavy (non-hydrogen) atoms. The molecule has 0 radical (unpaired) electrons. The number of aliphatic hydroxyl groups is 1. The molecule has 158 valence electrons. The van der Waals surface area contributed by atoms with E-state index in [4.69, 9.17) is 0 Å². The minimum Gasteiger partial charge on any atom is -0.392 e. The molecule has 0 bridgehead atoms. The number of aliphatic hydroxyl groups excluding tert-OH is 1. The van der Waals surface area contributed by atoms with Crippen LogP contribution in [0.5, 0.6) is 0 Å². The number of amides is 2. The normalized spacial score (nSPS) is 29.7. The summed E-state index contributed by atoms with van der Waals surface area (Å²) in [5, 5.41) is 13.8. The van der Waals surface area contributed by atoms with Crippen LogP contribution in [0.25, 0.3) is 0 Å². The molecule has 5 nitrogen and oxygen atoms in total. The zero-order valence-corrected chi connectivity index (χ0v) is 16.9. The minimum atomic E-state index is -0.479. The van der Waals surface area contributed by atoms with Crippen molar-refractivity contribution in [2.24, 2.45) is 17.3 Å². The van der Waals surface area contributed by atoms with E-state index in [0.29, 0.717) is 19.5 Å². The van der Waals surface area contributed by atoms with E-state index in [-0.39, 0.29) is 29.5 Å². The van der Waals surface area contributed by atoms with Gasteiger partial charge in [0.2, 0.25) is 11.8 Å². The molecular weight excluding hydrogens is 371 g/mol. The molecule has 1 aromatic rings. The molecule has 6 heteroatoms. The van der Waals surface area contributed by atoms with Crippen molar-refractivity contribution in [2.75, 3.05) is 19.6 Å². The monoisotopic (exact) mass is 402 g/mol. The van der Waals surface area contributed by atoms with Gasteiger partial charge in [-0.3, -0.25) is 9.59 Å². The van der Waals surface area contributed by atoms with Gasteiger partial charge in [-0.05, 0) is 62.6 Å². The number of nitrogens with zero attached hydrogens (tertiary/aromatic N) is 1. The molecule has 3 aliphatic rings. The highest BCUT2D eigenvalue weighted by molar-refractivity contribution is 5.83. The van der Waals surface area contributed by atoms with Gasteiger partial charge >= 0.3 is 0 Å². The number of halogens is 1. The number of nitrogens with one attached hydrogen (secondary N) is 1. The summed E-state index contributed by atoms with van der Waals surface area (Å²) in [5.74, 6) is -0.0691. The highest BCUT2D eigenvalue weighted by Gasteiger charge is 2.43. The third kappa shape index (κ3) is 4.63. The number of hydrogen-bond acceptors (Lipinski definition) is 3. The van der Waals surface area contributed by atoms with Gasteiger partial charge in [-0.25, -0.2) is 4.39 Å². The van der Waals surface area contributed by atoms with Crippen LogP contribution in [0.3, 0.4) is 0 Å². The Balaban J connectivity index is 1.37. The first kappa shape index (κ1) is 20.3. The number of piperidine rings is 1. The quantitative estimate of drug-likeness (QED) is 0.769. The fourth-order valence-corrected chi connectivity index (χ4v) is 4.99. The summed E-state index contributed by atoms with van der Waals surface area (Å²) >= 11 is 0. The van der Waals surface area contributed by atoms with Gasteiger partial charge in [0.1, 0.15) is 5.82 Å². The van der Waals surface area contributed by atoms with Crippen molar-refractivity contribution < 1.29 is 19.1 Å². The van der Waals surface area contributed by atoms with Crippen LogP contribution in [0, 0.1) is 23.1 Å². The number of carbonyl (C=O) groups excluding carboxylic acids is 2. The molecule has 4 rings (SSSR count). The van der Waals surface area contributed by atoms with Crippen molar-refractivity contribution >= 4 is 11.8 Å². The number of benzene rings is 1. The lowest BCUT2D eigenvalue weighted by atomic mass is 9.78. The maximum atomic E-state index is 13.2. The zero-order valence-electron chi connectivity index (χ0n) is 16.9. The highest BCUT2D eigenvalue weighted by Crippen LogP contribution is 2.41. The van der Waals surface area contributed by atoms with Crippen LogP contribution in [-0.4, -0.2) is 47.6 Å². The molecular formula is C23H31FN2O3. The third-order valence-electron chi connectivity index (χ3n) is 6.97. The van der Waals surface area contributed by atoms with Crippen LogP contribution >= 0.6 is 0 Å². The first-order valence-corrected chi connectivity index (χ1v) is 11.0. The van der Waals surface area contributed by atoms with E-state index in [1.807, 2.05) is 4.90 Å². The standard InChI is InChI=1S/C23H31FN2O3/c24-19-9-5-16(6-10-19)13-23(11-1-4-20(23)27)15-25-21(28)18-3-2-12-26(14-18)22(29)17-7-8-17/h5-6,9-10,17-18,20,27H,1-4,7-8,11-15H2,(H,25,28)/t18-,20+,23-/m1/s1. The topological polar surface area (TPSA) is 69.6 Å². The first-order chi connectivity index (χ1) is 14.0. The molecule has 1 saturated heterocycles. The van der Waals surface area contributed by atoms with E-state index in [2.05, 4.69) is 5.32 Å². The van der Waals surface area contributed by atoms with E-state index >= 15 is 0 Å². The van der Waals surface area contributed by atoms with Crippen LogP contribution in [-0.2, 0) is 16.0 Å². The van der Waals surface area contributed by atoms with Crippen molar-refractivity contribution in [3.63, 3.8) is 0 Å². The zero-order chi connectivity index (χ0) is 20.4. The molecule has 3 fully saturated rings. The van der Waals surface area contributed by atoms with Crippen molar-refractivity contribution in [1.29, 1.82) is 0 Å². The van der Waals surface area contributed by atoms with Gasteiger partial charge in [-0.15, -0.1) is 0 Å². The molecule has 2 N–H and O–H groups in total. The van der Waals surface area contributed by atoms with Crippen LogP contribution < -0.4 is 5.32 Å². The maximum Gasteiger partial charge on any atom is 0.225 e. The third-order valence-corrected chi connectivity index (χ3v) is 6.97. The molecule has 0 spiro atoms. The summed E-state index contributed by atoms with van der Waals surface area (Å²) in [6, 6.07) is 6.39. The SMILES string of the molecule is O=C(NC[C@]1(Cc2ccc(F)cc2)CCC[C@@H]1O)[C@@H]1CCCN(C(=O)C2CC2)C1. The Morgan fingerprint density at radius 3 is 2.52 bits per heavy atom. The maximum absolute atomic E-state index is 13.2. The van der Waals surface area contributed by atoms with Gasteiger partial charge in [-0.1, -0.05) is 18.6 Å². The Kier molecular flexibility index (Phi) is 5.91. The Labute approximate surface area is 171 Å². The molecule has 1 aromatic carbocycles. The van der Waals surface area contributed by atoms with E-state index in [0.717, 1.165) is 57.1 Å². The van der Waals surface area contributed by atoms with Crippen molar-refractivity contribution in [1.82, 2.24) is 10.2 Å². The second-order valence-corrected chi connectivity index (χ2v) is 9.19. The van der Waals surface area contributed by atoms with E-state index in [9.17, 15) is 19.1 Å². The van der Waals surface area contributed by atoms with Crippen LogP contribution in [0.2, 0.25) is 0 Å². The Morgan fingerprint density at radius 1 is 1.10 bits per heavy atom. The summed E-state index contributed by atoms with van der Waals surface area (Å²) in [6.07, 6.45) is 6.25. The average molecular weight is 403 g/mol. The molecule has 3 atom stereocenters. The van der Waals surface area contributed by atoms with Gasteiger partial charge in [0.05, 0.1) is 12.0 Å². The van der Waals surface area contributed by atoms with Gasteiger partial charge in [0.25, 0.3) is 0 Å². The number of likely N-dealkylation sites (tertiary alicyclic amines) is 1. The largest absolute Gasteiger partial charge is 0.392 e. The lowest BCUT2D eigenvalue weighted by Crippen LogP contribution is -2.49. The fourth-order valence-electron chi connectivity index (χ4n) is 4.99. The number of rotatable bonds is 6. The van der Waals surface area contributed by atoms with Crippen LogP contribution in [0.4, 0.5) is 4.39 Å². The minimum absolute atomic E-state index is 0.0177. The van der Waals surface area contributed by atoms with Crippen molar-refractivity contribution in [3.8, 4) is 0 Å². The van der Waals surface area contributed by atoms with Gasteiger partial charge in [-0.2, -0.15) is 0 Å². The predicted molar refractivity (Wildman–Crippen MR) is 107 cm³/mol. The van der Waals surface area contributed by atoms with Gasteiger partial charge in [0, 0.05) is 31.0 Å². The highest BCUT2D eigenvalue weighted by atomic mass is 19.1. The smallest absolute Gasteiger partial charge is 0.225 e. The van der Waals surface area contributed by atoms with Gasteiger partial charge in [0.15, 0.2) is 0 Å². The van der Waals surface area contributed by atoms with Gasteiger partial charge < -0.3 is 15.3 Å². The summed E-state index contributed by atoms with van der Waals surface area (Å²) in [6.45, 7) is 1.68. The first-order valence-electron chi connectivity index (χ1n) is 11.0. The molecule has 1 heterocycles. The average Bonchev–Trinajstić information content (AvgIpc) is 3.52. The summed E-state index contributed by atoms with van der Waals surface area (Å²) < 4.78 is 13.2. The number of hydrogen-bond donors (Lipinski definition) is 2. The van der Waals surface area contributed by atoms with E-state index in [1.165, 1.54) is 12.1 Å². The van der Waals surface area contributed by atoms with Crippen LogP contribution in [0.15, 0.2) is 24.3 Å². The van der Waals surface area contributed by atoms with Crippen molar-refractivity contribution in [3.05, 3.63) is 35.6 Å². The van der Waals surface area contributed by atoms with Crippen molar-refractivity contribution in [2.45, 2.75) is 57.5 Å². The number of carbonyl (C=O) groups is 2.